The maximum absolute atomic E-state index is 12.6. The van der Waals surface area contributed by atoms with Crippen LogP contribution in [0.4, 0.5) is 0 Å². The third kappa shape index (κ3) is 6.41. The third-order valence-electron chi connectivity index (χ3n) is 4.92. The molecule has 3 N–H and O–H groups in total. The van der Waals surface area contributed by atoms with Crippen LogP contribution in [0, 0.1) is 9.62 Å². The molecule has 3 aromatic rings. The zero-order valence-electron chi connectivity index (χ0n) is 18.5. The summed E-state index contributed by atoms with van der Waals surface area (Å²) in [6.45, 7) is 4.02. The van der Waals surface area contributed by atoms with E-state index in [2.05, 4.69) is 43.5 Å². The van der Waals surface area contributed by atoms with Gasteiger partial charge in [-0.3, -0.25) is 14.4 Å². The number of hydrogen-bond acceptors (Lipinski definition) is 5. The molecule has 0 aliphatic heterocycles. The number of rotatable bonds is 8. The zero-order chi connectivity index (χ0) is 24.0. The molecule has 0 unspecified atom stereocenters. The van der Waals surface area contributed by atoms with Gasteiger partial charge >= 0.3 is 0 Å². The molecule has 0 radical (unpaired) electrons. The first-order chi connectivity index (χ1) is 15.8. The summed E-state index contributed by atoms with van der Waals surface area (Å²) < 4.78 is 6.49. The number of benzene rings is 1. The van der Waals surface area contributed by atoms with Gasteiger partial charge in [-0.25, -0.2) is 4.98 Å². The Bertz CT molecular complexity index is 1160. The molecule has 3 rings (SSSR count). The molecular weight excluding hydrogens is 535 g/mol. The molecule has 2 heterocycles. The van der Waals surface area contributed by atoms with E-state index in [0.29, 0.717) is 18.0 Å². The van der Waals surface area contributed by atoms with Crippen molar-refractivity contribution in [2.45, 2.75) is 26.4 Å². The normalized spacial score (nSPS) is 11.7. The van der Waals surface area contributed by atoms with Gasteiger partial charge in [0, 0.05) is 19.2 Å². The van der Waals surface area contributed by atoms with E-state index >= 15 is 0 Å². The van der Waals surface area contributed by atoms with Crippen LogP contribution in [0.2, 0.25) is 0 Å². The van der Waals surface area contributed by atoms with E-state index in [1.54, 1.807) is 24.3 Å². The average molecular weight is 560 g/mol. The second-order valence-electron chi connectivity index (χ2n) is 7.70. The minimum atomic E-state index is -0.662. The van der Waals surface area contributed by atoms with Gasteiger partial charge in [0.15, 0.2) is 5.76 Å². The Balaban J connectivity index is 1.67. The van der Waals surface area contributed by atoms with Crippen molar-refractivity contribution in [2.24, 2.45) is 5.92 Å². The highest BCUT2D eigenvalue weighted by molar-refractivity contribution is 14.1. The zero-order valence-corrected chi connectivity index (χ0v) is 20.7. The molecule has 1 atom stereocenters. The highest BCUT2D eigenvalue weighted by Crippen LogP contribution is 2.23. The monoisotopic (exact) mass is 560 g/mol. The topological polar surface area (TPSA) is 113 Å². The predicted molar refractivity (Wildman–Crippen MR) is 132 cm³/mol. The molecule has 0 aliphatic rings. The van der Waals surface area contributed by atoms with Crippen LogP contribution >= 0.6 is 22.6 Å². The summed E-state index contributed by atoms with van der Waals surface area (Å²) in [7, 11) is 1.53. The van der Waals surface area contributed by atoms with Gasteiger partial charge in [-0.1, -0.05) is 38.1 Å². The first-order valence-corrected chi connectivity index (χ1v) is 11.5. The van der Waals surface area contributed by atoms with Crippen LogP contribution in [0.5, 0.6) is 0 Å². The van der Waals surface area contributed by atoms with Crippen molar-refractivity contribution >= 4 is 40.3 Å². The Morgan fingerprint density at radius 1 is 1.03 bits per heavy atom. The molecule has 0 fully saturated rings. The lowest BCUT2D eigenvalue weighted by molar-refractivity contribution is -0.123. The standard InChI is InChI=1S/C24H25IN4O4/c1-14(2)21(24(32)26-3)29-23(31)19-11-10-18(33-19)16-7-4-6-15(12-16)13-27-22(30)17-8-5-9-20(25)28-17/h4-12,14,21H,13H2,1-3H3,(H,26,32)(H,27,30)(H,29,31)/t21-/m0/s1. The molecule has 0 saturated carbocycles. The van der Waals surface area contributed by atoms with E-state index in [0.717, 1.165) is 14.8 Å². The SMILES string of the molecule is CNC(=O)[C@@H](NC(=O)c1ccc(-c2cccc(CNC(=O)c3cccc(I)n3)c2)o1)C(C)C. The number of halogens is 1. The maximum Gasteiger partial charge on any atom is 0.287 e. The van der Waals surface area contributed by atoms with Crippen molar-refractivity contribution in [2.75, 3.05) is 7.05 Å². The number of carbonyl (C=O) groups excluding carboxylic acids is 3. The lowest BCUT2D eigenvalue weighted by Gasteiger charge is -2.19. The molecule has 3 amide bonds. The van der Waals surface area contributed by atoms with Crippen LogP contribution in [0.25, 0.3) is 11.3 Å². The summed E-state index contributed by atoms with van der Waals surface area (Å²) in [5.74, 6) is -0.439. The number of carbonyl (C=O) groups is 3. The summed E-state index contributed by atoms with van der Waals surface area (Å²) in [5, 5.41) is 8.12. The molecule has 0 bridgehead atoms. The second kappa shape index (κ2) is 11.1. The number of pyridine rings is 1. The van der Waals surface area contributed by atoms with Gasteiger partial charge in [0.2, 0.25) is 5.91 Å². The van der Waals surface area contributed by atoms with Gasteiger partial charge in [0.1, 0.15) is 21.2 Å². The quantitative estimate of drug-likeness (QED) is 0.289. The van der Waals surface area contributed by atoms with E-state index < -0.39 is 11.9 Å². The first-order valence-electron chi connectivity index (χ1n) is 10.4. The van der Waals surface area contributed by atoms with E-state index in [9.17, 15) is 14.4 Å². The number of nitrogens with zero attached hydrogens (tertiary/aromatic N) is 1. The van der Waals surface area contributed by atoms with Gasteiger partial charge in [-0.2, -0.15) is 0 Å². The van der Waals surface area contributed by atoms with E-state index in [4.69, 9.17) is 4.42 Å². The lowest BCUT2D eigenvalue weighted by atomic mass is 10.0. The highest BCUT2D eigenvalue weighted by Gasteiger charge is 2.25. The summed E-state index contributed by atoms with van der Waals surface area (Å²) in [6.07, 6.45) is 0. The van der Waals surface area contributed by atoms with Gasteiger partial charge in [0.05, 0.1) is 0 Å². The van der Waals surface area contributed by atoms with Crippen LogP contribution in [0.3, 0.4) is 0 Å². The molecule has 0 spiro atoms. The Kier molecular flexibility index (Phi) is 8.21. The summed E-state index contributed by atoms with van der Waals surface area (Å²) in [6, 6.07) is 15.4. The Labute approximate surface area is 205 Å². The lowest BCUT2D eigenvalue weighted by Crippen LogP contribution is -2.48. The van der Waals surface area contributed by atoms with Crippen LogP contribution in [-0.4, -0.2) is 35.8 Å². The van der Waals surface area contributed by atoms with Gasteiger partial charge in [-0.15, -0.1) is 0 Å². The minimum absolute atomic E-state index is 0.0789. The van der Waals surface area contributed by atoms with Crippen molar-refractivity contribution < 1.29 is 18.8 Å². The molecule has 9 heteroatoms. The number of nitrogens with one attached hydrogen (secondary N) is 3. The molecule has 8 nitrogen and oxygen atoms in total. The summed E-state index contributed by atoms with van der Waals surface area (Å²) >= 11 is 2.06. The third-order valence-corrected chi connectivity index (χ3v) is 5.53. The van der Waals surface area contributed by atoms with Crippen LogP contribution in [0.1, 0.15) is 40.5 Å². The van der Waals surface area contributed by atoms with Gasteiger partial charge < -0.3 is 20.4 Å². The Hall–Kier alpha value is -3.21. The summed E-state index contributed by atoms with van der Waals surface area (Å²) in [4.78, 5) is 41.2. The smallest absolute Gasteiger partial charge is 0.287 e. The van der Waals surface area contributed by atoms with E-state index in [1.165, 1.54) is 7.05 Å². The largest absolute Gasteiger partial charge is 0.451 e. The van der Waals surface area contributed by atoms with Crippen molar-refractivity contribution in [1.29, 1.82) is 0 Å². The molecule has 1 aromatic carbocycles. The number of aromatic nitrogens is 1. The molecule has 172 valence electrons. The van der Waals surface area contributed by atoms with Crippen LogP contribution in [0.15, 0.2) is 59.0 Å². The number of likely N-dealkylation sites (N-methyl/N-ethyl adjacent to an activating group) is 1. The van der Waals surface area contributed by atoms with Gasteiger partial charge in [0.25, 0.3) is 11.8 Å². The fraction of sp³-hybridized carbons (Fsp3) is 0.250. The van der Waals surface area contributed by atoms with Crippen molar-refractivity contribution in [3.05, 3.63) is 75.3 Å². The van der Waals surface area contributed by atoms with Gasteiger partial charge in [-0.05, 0) is 64.4 Å². The summed E-state index contributed by atoms with van der Waals surface area (Å²) in [5.41, 5.74) is 1.99. The maximum atomic E-state index is 12.6. The molecular formula is C24H25IN4O4. The fourth-order valence-electron chi connectivity index (χ4n) is 3.16. The Morgan fingerprint density at radius 2 is 1.79 bits per heavy atom. The van der Waals surface area contributed by atoms with Crippen molar-refractivity contribution in [3.8, 4) is 11.3 Å². The molecule has 33 heavy (non-hydrogen) atoms. The number of amides is 3. The van der Waals surface area contributed by atoms with E-state index in [1.807, 2.05) is 44.2 Å². The average Bonchev–Trinajstić information content (AvgIpc) is 3.31. The second-order valence-corrected chi connectivity index (χ2v) is 8.81. The minimum Gasteiger partial charge on any atom is -0.451 e. The van der Waals surface area contributed by atoms with Crippen LogP contribution < -0.4 is 16.0 Å². The fourth-order valence-corrected chi connectivity index (χ4v) is 3.63. The van der Waals surface area contributed by atoms with Crippen molar-refractivity contribution in [3.63, 3.8) is 0 Å². The predicted octanol–water partition coefficient (Wildman–Crippen LogP) is 3.38. The van der Waals surface area contributed by atoms with Crippen LogP contribution in [-0.2, 0) is 11.3 Å². The first kappa shape index (κ1) is 24.4. The van der Waals surface area contributed by atoms with E-state index in [-0.39, 0.29) is 23.5 Å². The van der Waals surface area contributed by atoms with Crippen molar-refractivity contribution in [1.82, 2.24) is 20.9 Å². The molecule has 0 saturated heterocycles. The Morgan fingerprint density at radius 3 is 2.48 bits per heavy atom. The number of furan rings is 1. The number of hydrogen-bond donors (Lipinski definition) is 3. The molecule has 0 aliphatic carbocycles. The highest BCUT2D eigenvalue weighted by atomic mass is 127. The molecule has 2 aromatic heterocycles.